The zero-order chi connectivity index (χ0) is 11.5. The van der Waals surface area contributed by atoms with Crippen LogP contribution in [0, 0.1) is 5.82 Å². The van der Waals surface area contributed by atoms with E-state index in [2.05, 4.69) is 0 Å². The van der Waals surface area contributed by atoms with Crippen LogP contribution in [0.2, 0.25) is 0 Å². The van der Waals surface area contributed by atoms with Crippen LogP contribution in [0.25, 0.3) is 11.1 Å². The van der Waals surface area contributed by atoms with Gasteiger partial charge in [0.2, 0.25) is 0 Å². The first-order valence-corrected chi connectivity index (χ1v) is 4.90. The molecule has 16 heavy (non-hydrogen) atoms. The smallest absolute Gasteiger partial charge is 0.165 e. The van der Waals surface area contributed by atoms with Gasteiger partial charge in [0.1, 0.15) is 0 Å². The van der Waals surface area contributed by atoms with Crippen molar-refractivity contribution in [3.63, 3.8) is 0 Å². The Bertz CT molecular complexity index is 509. The SMILES string of the molecule is OCc1ccccc1-c1ccc(O)c(F)c1. The van der Waals surface area contributed by atoms with E-state index in [1.165, 1.54) is 12.1 Å². The summed E-state index contributed by atoms with van der Waals surface area (Å²) >= 11 is 0. The van der Waals surface area contributed by atoms with Crippen molar-refractivity contribution in [1.29, 1.82) is 0 Å². The second-order valence-corrected chi connectivity index (χ2v) is 3.48. The van der Waals surface area contributed by atoms with Crippen molar-refractivity contribution in [2.75, 3.05) is 0 Å². The highest BCUT2D eigenvalue weighted by Crippen LogP contribution is 2.27. The molecule has 0 amide bonds. The lowest BCUT2D eigenvalue weighted by atomic mass is 10.00. The van der Waals surface area contributed by atoms with Gasteiger partial charge in [0.25, 0.3) is 0 Å². The van der Waals surface area contributed by atoms with Crippen LogP contribution in [-0.2, 0) is 6.61 Å². The van der Waals surface area contributed by atoms with Gasteiger partial charge in [0.15, 0.2) is 11.6 Å². The first-order valence-electron chi connectivity index (χ1n) is 4.90. The van der Waals surface area contributed by atoms with Crippen LogP contribution >= 0.6 is 0 Å². The number of hydrogen-bond acceptors (Lipinski definition) is 2. The summed E-state index contributed by atoms with van der Waals surface area (Å²) in [5, 5.41) is 18.3. The molecule has 0 aliphatic rings. The Morgan fingerprint density at radius 2 is 1.81 bits per heavy atom. The van der Waals surface area contributed by atoms with E-state index < -0.39 is 5.82 Å². The third-order valence-corrected chi connectivity index (χ3v) is 2.45. The number of phenolic OH excluding ortho intramolecular Hbond substituents is 1. The molecule has 2 nitrogen and oxygen atoms in total. The van der Waals surface area contributed by atoms with Crippen LogP contribution < -0.4 is 0 Å². The standard InChI is InChI=1S/C13H11FO2/c14-12-7-9(5-6-13(12)16)11-4-2-1-3-10(11)8-15/h1-7,15-16H,8H2. The molecule has 0 aromatic heterocycles. The molecular weight excluding hydrogens is 207 g/mol. The molecule has 0 saturated carbocycles. The van der Waals surface area contributed by atoms with Crippen LogP contribution in [0.3, 0.4) is 0 Å². The van der Waals surface area contributed by atoms with Crippen LogP contribution in [0.4, 0.5) is 4.39 Å². The zero-order valence-corrected chi connectivity index (χ0v) is 8.52. The maximum Gasteiger partial charge on any atom is 0.165 e. The lowest BCUT2D eigenvalue weighted by molar-refractivity contribution is 0.282. The summed E-state index contributed by atoms with van der Waals surface area (Å²) in [5.41, 5.74) is 2.14. The van der Waals surface area contributed by atoms with E-state index in [-0.39, 0.29) is 12.4 Å². The Morgan fingerprint density at radius 3 is 2.50 bits per heavy atom. The summed E-state index contributed by atoms with van der Waals surface area (Å²) in [6.07, 6.45) is 0. The third-order valence-electron chi connectivity index (χ3n) is 2.45. The van der Waals surface area contributed by atoms with Gasteiger partial charge in [-0.15, -0.1) is 0 Å². The third kappa shape index (κ3) is 1.90. The minimum absolute atomic E-state index is 0.0985. The van der Waals surface area contributed by atoms with E-state index in [0.717, 1.165) is 11.1 Å². The molecular formula is C13H11FO2. The van der Waals surface area contributed by atoms with Crippen molar-refractivity contribution in [2.24, 2.45) is 0 Å². The van der Waals surface area contributed by atoms with Crippen LogP contribution in [0.1, 0.15) is 5.56 Å². The molecule has 0 bridgehead atoms. The topological polar surface area (TPSA) is 40.5 Å². The monoisotopic (exact) mass is 218 g/mol. The summed E-state index contributed by atoms with van der Waals surface area (Å²) in [4.78, 5) is 0. The van der Waals surface area contributed by atoms with Gasteiger partial charge in [-0.3, -0.25) is 0 Å². The van der Waals surface area contributed by atoms with Gasteiger partial charge in [-0.25, -0.2) is 4.39 Å². The van der Waals surface area contributed by atoms with E-state index in [9.17, 15) is 4.39 Å². The van der Waals surface area contributed by atoms with Crippen molar-refractivity contribution in [2.45, 2.75) is 6.61 Å². The summed E-state index contributed by atoms with van der Waals surface area (Å²) in [7, 11) is 0. The van der Waals surface area contributed by atoms with E-state index in [1.807, 2.05) is 12.1 Å². The van der Waals surface area contributed by atoms with E-state index in [0.29, 0.717) is 5.56 Å². The summed E-state index contributed by atoms with van der Waals surface area (Å²) in [6.45, 7) is -0.0985. The zero-order valence-electron chi connectivity index (χ0n) is 8.52. The first-order chi connectivity index (χ1) is 7.72. The minimum atomic E-state index is -0.662. The van der Waals surface area contributed by atoms with Gasteiger partial charge >= 0.3 is 0 Å². The van der Waals surface area contributed by atoms with Crippen LogP contribution in [0.15, 0.2) is 42.5 Å². The van der Waals surface area contributed by atoms with Crippen molar-refractivity contribution in [3.8, 4) is 16.9 Å². The van der Waals surface area contributed by atoms with E-state index >= 15 is 0 Å². The Morgan fingerprint density at radius 1 is 1.06 bits per heavy atom. The normalized spacial score (nSPS) is 10.4. The highest BCUT2D eigenvalue weighted by molar-refractivity contribution is 5.67. The molecule has 2 aromatic carbocycles. The number of phenols is 1. The lowest BCUT2D eigenvalue weighted by Gasteiger charge is -2.07. The van der Waals surface area contributed by atoms with E-state index in [1.54, 1.807) is 18.2 Å². The van der Waals surface area contributed by atoms with Crippen LogP contribution in [0.5, 0.6) is 5.75 Å². The Hall–Kier alpha value is -1.87. The Labute approximate surface area is 92.6 Å². The molecule has 0 atom stereocenters. The number of rotatable bonds is 2. The van der Waals surface area contributed by atoms with Gasteiger partial charge in [0, 0.05) is 0 Å². The fourth-order valence-corrected chi connectivity index (χ4v) is 1.61. The van der Waals surface area contributed by atoms with Gasteiger partial charge in [-0.2, -0.15) is 0 Å². The van der Waals surface area contributed by atoms with Crippen molar-refractivity contribution >= 4 is 0 Å². The highest BCUT2D eigenvalue weighted by atomic mass is 19.1. The summed E-state index contributed by atoms with van der Waals surface area (Å²) in [6, 6.07) is 11.4. The summed E-state index contributed by atoms with van der Waals surface area (Å²) in [5.74, 6) is -1.03. The largest absolute Gasteiger partial charge is 0.505 e. The second kappa shape index (κ2) is 4.33. The Kier molecular flexibility index (Phi) is 2.88. The first kappa shape index (κ1) is 10.6. The maximum atomic E-state index is 13.2. The molecule has 0 radical (unpaired) electrons. The van der Waals surface area contributed by atoms with E-state index in [4.69, 9.17) is 10.2 Å². The van der Waals surface area contributed by atoms with Crippen molar-refractivity contribution in [3.05, 3.63) is 53.8 Å². The summed E-state index contributed by atoms with van der Waals surface area (Å²) < 4.78 is 13.2. The average Bonchev–Trinajstić information content (AvgIpc) is 2.32. The van der Waals surface area contributed by atoms with Crippen molar-refractivity contribution < 1.29 is 14.6 Å². The average molecular weight is 218 g/mol. The minimum Gasteiger partial charge on any atom is -0.505 e. The number of hydrogen-bond donors (Lipinski definition) is 2. The lowest BCUT2D eigenvalue weighted by Crippen LogP contribution is -1.89. The van der Waals surface area contributed by atoms with Gasteiger partial charge in [0.05, 0.1) is 6.61 Å². The molecule has 0 aliphatic heterocycles. The fourth-order valence-electron chi connectivity index (χ4n) is 1.61. The second-order valence-electron chi connectivity index (χ2n) is 3.48. The quantitative estimate of drug-likeness (QED) is 0.813. The van der Waals surface area contributed by atoms with Gasteiger partial charge in [-0.05, 0) is 28.8 Å². The molecule has 0 aliphatic carbocycles. The molecule has 0 fully saturated rings. The molecule has 2 N–H and O–H groups in total. The number of aromatic hydroxyl groups is 1. The molecule has 3 heteroatoms. The maximum absolute atomic E-state index is 13.2. The molecule has 2 aromatic rings. The highest BCUT2D eigenvalue weighted by Gasteiger charge is 2.06. The number of aliphatic hydroxyl groups is 1. The predicted octanol–water partition coefficient (Wildman–Crippen LogP) is 2.69. The molecule has 0 saturated heterocycles. The molecule has 0 unspecified atom stereocenters. The molecule has 0 heterocycles. The Balaban J connectivity index is 2.54. The number of aliphatic hydroxyl groups excluding tert-OH is 1. The van der Waals surface area contributed by atoms with Crippen LogP contribution in [-0.4, -0.2) is 10.2 Å². The molecule has 2 rings (SSSR count). The van der Waals surface area contributed by atoms with Gasteiger partial charge in [-0.1, -0.05) is 30.3 Å². The predicted molar refractivity (Wildman–Crippen MR) is 59.4 cm³/mol. The number of halogens is 1. The van der Waals surface area contributed by atoms with Gasteiger partial charge < -0.3 is 10.2 Å². The molecule has 82 valence electrons. The fraction of sp³-hybridized carbons (Fsp3) is 0.0769. The number of benzene rings is 2. The van der Waals surface area contributed by atoms with Crippen molar-refractivity contribution in [1.82, 2.24) is 0 Å². The molecule has 0 spiro atoms.